The standard InChI is InChI=1S/C20H28N2O4/c1-20(2,3)26-18(23)21-11-9-16(10-12-21)22-17(14-25-19(22)24)13-15-7-5-4-6-8-15/h4-8,16-17H,9-14H2,1-3H3. The van der Waals surface area contributed by atoms with E-state index in [0.29, 0.717) is 19.7 Å². The largest absolute Gasteiger partial charge is 0.447 e. The molecule has 2 aliphatic rings. The van der Waals surface area contributed by atoms with Gasteiger partial charge in [-0.25, -0.2) is 9.59 Å². The molecule has 1 aromatic rings. The van der Waals surface area contributed by atoms with Gasteiger partial charge in [0, 0.05) is 19.1 Å². The molecule has 6 heteroatoms. The molecule has 2 fully saturated rings. The van der Waals surface area contributed by atoms with Crippen molar-refractivity contribution >= 4 is 12.2 Å². The van der Waals surface area contributed by atoms with Gasteiger partial charge in [0.2, 0.25) is 0 Å². The fourth-order valence-corrected chi connectivity index (χ4v) is 3.62. The number of piperidine rings is 1. The third-order valence-corrected chi connectivity index (χ3v) is 4.83. The summed E-state index contributed by atoms with van der Waals surface area (Å²) >= 11 is 0. The van der Waals surface area contributed by atoms with Crippen molar-refractivity contribution < 1.29 is 19.1 Å². The van der Waals surface area contributed by atoms with Gasteiger partial charge >= 0.3 is 12.2 Å². The molecule has 2 saturated heterocycles. The molecular weight excluding hydrogens is 332 g/mol. The van der Waals surface area contributed by atoms with Crippen LogP contribution in [0.3, 0.4) is 0 Å². The number of ether oxygens (including phenoxy) is 2. The molecule has 0 aromatic heterocycles. The predicted octanol–water partition coefficient (Wildman–Crippen LogP) is 3.45. The molecule has 2 aliphatic heterocycles. The van der Waals surface area contributed by atoms with Crippen LogP contribution in [0.4, 0.5) is 9.59 Å². The van der Waals surface area contributed by atoms with Crippen molar-refractivity contribution in [3.05, 3.63) is 35.9 Å². The summed E-state index contributed by atoms with van der Waals surface area (Å²) in [7, 11) is 0. The number of nitrogens with zero attached hydrogens (tertiary/aromatic N) is 2. The fraction of sp³-hybridized carbons (Fsp3) is 0.600. The van der Waals surface area contributed by atoms with Gasteiger partial charge < -0.3 is 14.4 Å². The van der Waals surface area contributed by atoms with Gasteiger partial charge in [0.25, 0.3) is 0 Å². The Morgan fingerprint density at radius 3 is 2.46 bits per heavy atom. The lowest BCUT2D eigenvalue weighted by atomic mass is 9.99. The molecule has 2 heterocycles. The normalized spacial score (nSPS) is 21.7. The minimum Gasteiger partial charge on any atom is -0.447 e. The molecule has 6 nitrogen and oxygen atoms in total. The lowest BCUT2D eigenvalue weighted by molar-refractivity contribution is 0.0157. The van der Waals surface area contributed by atoms with Gasteiger partial charge in [0.15, 0.2) is 0 Å². The van der Waals surface area contributed by atoms with Crippen LogP contribution in [0.25, 0.3) is 0 Å². The molecule has 0 aliphatic carbocycles. The van der Waals surface area contributed by atoms with Gasteiger partial charge in [-0.2, -0.15) is 0 Å². The maximum absolute atomic E-state index is 12.3. The highest BCUT2D eigenvalue weighted by Crippen LogP contribution is 2.26. The second-order valence-electron chi connectivity index (χ2n) is 8.03. The Bertz CT molecular complexity index is 633. The van der Waals surface area contributed by atoms with Crippen LogP contribution in [-0.2, 0) is 15.9 Å². The highest BCUT2D eigenvalue weighted by Gasteiger charge is 2.40. The van der Waals surface area contributed by atoms with Crippen molar-refractivity contribution in [2.24, 2.45) is 0 Å². The van der Waals surface area contributed by atoms with Gasteiger partial charge in [-0.1, -0.05) is 30.3 Å². The van der Waals surface area contributed by atoms with Crippen molar-refractivity contribution in [2.75, 3.05) is 19.7 Å². The van der Waals surface area contributed by atoms with Crippen LogP contribution in [0.5, 0.6) is 0 Å². The van der Waals surface area contributed by atoms with Crippen LogP contribution in [0, 0.1) is 0 Å². The van der Waals surface area contributed by atoms with Crippen molar-refractivity contribution in [3.8, 4) is 0 Å². The Hall–Kier alpha value is -2.24. The average molecular weight is 360 g/mol. The van der Waals surface area contributed by atoms with Crippen LogP contribution in [-0.4, -0.2) is 59.4 Å². The number of rotatable bonds is 3. The topological polar surface area (TPSA) is 59.1 Å². The summed E-state index contributed by atoms with van der Waals surface area (Å²) in [6.07, 6.45) is 1.78. The predicted molar refractivity (Wildman–Crippen MR) is 98.0 cm³/mol. The Balaban J connectivity index is 1.58. The zero-order valence-electron chi connectivity index (χ0n) is 15.8. The van der Waals surface area contributed by atoms with Gasteiger partial charge in [-0.3, -0.25) is 4.90 Å². The maximum Gasteiger partial charge on any atom is 0.410 e. The molecule has 0 bridgehead atoms. The summed E-state index contributed by atoms with van der Waals surface area (Å²) in [6, 6.07) is 10.3. The number of carbonyl (C=O) groups excluding carboxylic acids is 2. The zero-order valence-corrected chi connectivity index (χ0v) is 15.8. The highest BCUT2D eigenvalue weighted by molar-refractivity contribution is 5.71. The maximum atomic E-state index is 12.3. The number of benzene rings is 1. The number of cyclic esters (lactones) is 1. The van der Waals surface area contributed by atoms with Gasteiger partial charge in [0.05, 0.1) is 6.04 Å². The molecular formula is C20H28N2O4. The molecule has 142 valence electrons. The molecule has 2 amide bonds. The Labute approximate surface area is 155 Å². The molecule has 3 rings (SSSR count). The van der Waals surface area contributed by atoms with E-state index in [1.54, 1.807) is 4.90 Å². The fourth-order valence-electron chi connectivity index (χ4n) is 3.62. The summed E-state index contributed by atoms with van der Waals surface area (Å²) in [6.45, 7) is 7.23. The first-order valence-electron chi connectivity index (χ1n) is 9.30. The minimum absolute atomic E-state index is 0.0583. The quantitative estimate of drug-likeness (QED) is 0.828. The summed E-state index contributed by atoms with van der Waals surface area (Å²) < 4.78 is 10.8. The number of likely N-dealkylation sites (tertiary alicyclic amines) is 1. The summed E-state index contributed by atoms with van der Waals surface area (Å²) in [5.41, 5.74) is 0.708. The first kappa shape index (κ1) is 18.5. The van der Waals surface area contributed by atoms with Crippen LogP contribution in [0.1, 0.15) is 39.2 Å². The van der Waals surface area contributed by atoms with Crippen molar-refractivity contribution in [3.63, 3.8) is 0 Å². The number of hydrogen-bond acceptors (Lipinski definition) is 4. The molecule has 0 saturated carbocycles. The van der Waals surface area contributed by atoms with Crippen molar-refractivity contribution in [1.29, 1.82) is 0 Å². The molecule has 26 heavy (non-hydrogen) atoms. The van der Waals surface area contributed by atoms with E-state index in [0.717, 1.165) is 19.3 Å². The first-order chi connectivity index (χ1) is 12.3. The van der Waals surface area contributed by atoms with E-state index < -0.39 is 5.60 Å². The van der Waals surface area contributed by atoms with E-state index in [4.69, 9.17) is 9.47 Å². The number of carbonyl (C=O) groups is 2. The van der Waals surface area contributed by atoms with Gasteiger partial charge in [-0.15, -0.1) is 0 Å². The van der Waals surface area contributed by atoms with Crippen molar-refractivity contribution in [2.45, 2.75) is 57.7 Å². The van der Waals surface area contributed by atoms with Crippen molar-refractivity contribution in [1.82, 2.24) is 9.80 Å². The molecule has 1 unspecified atom stereocenters. The van der Waals surface area contributed by atoms with Crippen LogP contribution >= 0.6 is 0 Å². The van der Waals surface area contributed by atoms with E-state index in [9.17, 15) is 9.59 Å². The Morgan fingerprint density at radius 2 is 1.85 bits per heavy atom. The SMILES string of the molecule is CC(C)(C)OC(=O)N1CCC(N2C(=O)OCC2Cc2ccccc2)CC1. The first-order valence-corrected chi connectivity index (χ1v) is 9.30. The molecule has 0 spiro atoms. The van der Waals surface area contributed by atoms with Crippen LogP contribution < -0.4 is 0 Å². The second-order valence-corrected chi connectivity index (χ2v) is 8.03. The van der Waals surface area contributed by atoms with E-state index in [1.165, 1.54) is 5.56 Å². The Morgan fingerprint density at radius 1 is 1.19 bits per heavy atom. The summed E-state index contributed by atoms with van der Waals surface area (Å²) in [5, 5.41) is 0. The summed E-state index contributed by atoms with van der Waals surface area (Å²) in [4.78, 5) is 28.1. The molecule has 0 N–H and O–H groups in total. The average Bonchev–Trinajstić information content (AvgIpc) is 2.95. The number of amides is 2. The van der Waals surface area contributed by atoms with E-state index in [2.05, 4.69) is 12.1 Å². The highest BCUT2D eigenvalue weighted by atomic mass is 16.6. The zero-order chi connectivity index (χ0) is 18.7. The van der Waals surface area contributed by atoms with E-state index >= 15 is 0 Å². The van der Waals surface area contributed by atoms with Gasteiger partial charge in [-0.05, 0) is 45.6 Å². The Kier molecular flexibility index (Phi) is 5.39. The third kappa shape index (κ3) is 4.48. The van der Waals surface area contributed by atoms with Gasteiger partial charge in [0.1, 0.15) is 12.2 Å². The smallest absolute Gasteiger partial charge is 0.410 e. The molecule has 1 atom stereocenters. The monoisotopic (exact) mass is 360 g/mol. The molecule has 0 radical (unpaired) electrons. The lowest BCUT2D eigenvalue weighted by Crippen LogP contribution is -2.50. The minimum atomic E-state index is -0.493. The van der Waals surface area contributed by atoms with E-state index in [-0.39, 0.29) is 24.3 Å². The third-order valence-electron chi connectivity index (χ3n) is 4.83. The van der Waals surface area contributed by atoms with Crippen LogP contribution in [0.15, 0.2) is 30.3 Å². The van der Waals surface area contributed by atoms with E-state index in [1.807, 2.05) is 43.9 Å². The lowest BCUT2D eigenvalue weighted by Gasteiger charge is -2.38. The number of hydrogen-bond donors (Lipinski definition) is 0. The van der Waals surface area contributed by atoms with Crippen LogP contribution in [0.2, 0.25) is 0 Å². The summed E-state index contributed by atoms with van der Waals surface area (Å²) in [5.74, 6) is 0. The second kappa shape index (κ2) is 7.56. The molecule has 1 aromatic carbocycles.